The molecule has 0 unspecified atom stereocenters. The first kappa shape index (κ1) is 18.9. The summed E-state index contributed by atoms with van der Waals surface area (Å²) in [6.45, 7) is 9.10. The van der Waals surface area contributed by atoms with Gasteiger partial charge in [0.1, 0.15) is 0 Å². The third-order valence-electron chi connectivity index (χ3n) is 5.59. The zero-order chi connectivity index (χ0) is 18.5. The van der Waals surface area contributed by atoms with Gasteiger partial charge in [-0.15, -0.1) is 0 Å². The predicted octanol–water partition coefficient (Wildman–Crippen LogP) is 5.73. The molecule has 1 aliphatic rings. The normalized spacial score (nSPS) is 14.5. The lowest BCUT2D eigenvalue weighted by Crippen LogP contribution is -2.23. The van der Waals surface area contributed by atoms with Gasteiger partial charge >= 0.3 is 0 Å². The van der Waals surface area contributed by atoms with E-state index in [4.69, 9.17) is 0 Å². The summed E-state index contributed by atoms with van der Waals surface area (Å²) in [4.78, 5) is 0. The van der Waals surface area contributed by atoms with Gasteiger partial charge in [0.15, 0.2) is 0 Å². The molecule has 0 spiro atoms. The quantitative estimate of drug-likeness (QED) is 0.437. The first-order chi connectivity index (χ1) is 12.6. The topological polar surface area (TPSA) is 0 Å². The van der Waals surface area contributed by atoms with E-state index in [2.05, 4.69) is 76.2 Å². The van der Waals surface area contributed by atoms with Gasteiger partial charge in [-0.3, -0.25) is 0 Å². The van der Waals surface area contributed by atoms with E-state index in [1.54, 1.807) is 16.0 Å². The van der Waals surface area contributed by atoms with Gasteiger partial charge in [-0.2, -0.15) is 0 Å². The second kappa shape index (κ2) is 8.68. The maximum Gasteiger partial charge on any atom is 0.0843 e. The highest BCUT2D eigenvalue weighted by molar-refractivity contribution is 6.63. The van der Waals surface area contributed by atoms with Crippen molar-refractivity contribution in [3.05, 3.63) is 81.6 Å². The Hall–Kier alpha value is -1.86. The van der Waals surface area contributed by atoms with Crippen LogP contribution < -0.4 is 5.19 Å². The fraction of sp³-hybridized carbons (Fsp3) is 0.360. The number of benzene rings is 2. The van der Waals surface area contributed by atoms with Crippen molar-refractivity contribution < 1.29 is 0 Å². The summed E-state index contributed by atoms with van der Waals surface area (Å²) in [6, 6.07) is 15.8. The Morgan fingerprint density at radius 2 is 1.62 bits per heavy atom. The summed E-state index contributed by atoms with van der Waals surface area (Å²) < 4.78 is 0. The van der Waals surface area contributed by atoms with Crippen LogP contribution in [-0.2, 0) is 0 Å². The van der Waals surface area contributed by atoms with Crippen LogP contribution in [0.25, 0.3) is 5.57 Å². The Morgan fingerprint density at radius 3 is 2.27 bits per heavy atom. The molecule has 2 aromatic carbocycles. The van der Waals surface area contributed by atoms with E-state index >= 15 is 0 Å². The van der Waals surface area contributed by atoms with E-state index in [1.807, 2.05) is 0 Å². The van der Waals surface area contributed by atoms with Crippen molar-refractivity contribution in [3.8, 4) is 0 Å². The summed E-state index contributed by atoms with van der Waals surface area (Å²) in [5.41, 5.74) is 8.97. The van der Waals surface area contributed by atoms with Crippen molar-refractivity contribution in [1.82, 2.24) is 0 Å². The van der Waals surface area contributed by atoms with Crippen molar-refractivity contribution in [2.75, 3.05) is 0 Å². The SMILES string of the molecule is CCCCCC1=CC(c2ccccc2)=C([SiH2]c2c(C)cc(C)cc2C)C1. The molecule has 0 atom stereocenters. The number of rotatable bonds is 7. The van der Waals surface area contributed by atoms with Crippen LogP contribution in [0.15, 0.2) is 59.3 Å². The third kappa shape index (κ3) is 4.45. The number of hydrogen-bond acceptors (Lipinski definition) is 0. The lowest BCUT2D eigenvalue weighted by molar-refractivity contribution is 0.708. The fourth-order valence-electron chi connectivity index (χ4n) is 4.25. The Morgan fingerprint density at radius 1 is 0.923 bits per heavy atom. The van der Waals surface area contributed by atoms with E-state index in [0.29, 0.717) is 0 Å². The van der Waals surface area contributed by atoms with Crippen molar-refractivity contribution in [3.63, 3.8) is 0 Å². The largest absolute Gasteiger partial charge is 0.0843 e. The third-order valence-corrected chi connectivity index (χ3v) is 8.11. The second-order valence-electron chi connectivity index (χ2n) is 7.87. The van der Waals surface area contributed by atoms with Crippen molar-refractivity contribution in [1.29, 1.82) is 0 Å². The fourth-order valence-corrected chi connectivity index (χ4v) is 6.39. The molecule has 0 radical (unpaired) electrons. The summed E-state index contributed by atoms with van der Waals surface area (Å²) in [5.74, 6) is 0. The van der Waals surface area contributed by atoms with Gasteiger partial charge < -0.3 is 0 Å². The molecule has 0 bridgehead atoms. The maximum atomic E-state index is 2.52. The summed E-state index contributed by atoms with van der Waals surface area (Å²) >= 11 is 0. The molecular weight excluding hydrogens is 328 g/mol. The highest BCUT2D eigenvalue weighted by Gasteiger charge is 2.19. The molecule has 0 N–H and O–H groups in total. The molecule has 0 nitrogen and oxygen atoms in total. The molecule has 1 aliphatic carbocycles. The molecule has 0 saturated carbocycles. The lowest BCUT2D eigenvalue weighted by atomic mass is 10.1. The van der Waals surface area contributed by atoms with Gasteiger partial charge in [0.2, 0.25) is 0 Å². The highest BCUT2D eigenvalue weighted by Crippen LogP contribution is 2.34. The van der Waals surface area contributed by atoms with E-state index < -0.39 is 9.52 Å². The molecule has 0 aromatic heterocycles. The zero-order valence-electron chi connectivity index (χ0n) is 16.9. The first-order valence-electron chi connectivity index (χ1n) is 10.1. The highest BCUT2D eigenvalue weighted by atomic mass is 28.2. The minimum Gasteiger partial charge on any atom is -0.0709 e. The smallest absolute Gasteiger partial charge is 0.0709 e. The van der Waals surface area contributed by atoms with E-state index in [-0.39, 0.29) is 0 Å². The Labute approximate surface area is 161 Å². The van der Waals surface area contributed by atoms with E-state index in [0.717, 1.165) is 0 Å². The lowest BCUT2D eigenvalue weighted by Gasteiger charge is -2.14. The number of aryl methyl sites for hydroxylation is 3. The molecule has 2 aromatic rings. The first-order valence-corrected chi connectivity index (χ1v) is 11.5. The Kier molecular flexibility index (Phi) is 6.32. The number of hydrogen-bond donors (Lipinski definition) is 0. The van der Waals surface area contributed by atoms with Gasteiger partial charge in [0, 0.05) is 0 Å². The Bertz CT molecular complexity index is 801. The van der Waals surface area contributed by atoms with Crippen molar-refractivity contribution in [2.24, 2.45) is 0 Å². The molecule has 0 heterocycles. The molecule has 26 heavy (non-hydrogen) atoms. The molecule has 0 aliphatic heterocycles. The van der Waals surface area contributed by atoms with Gasteiger partial charge in [-0.1, -0.05) is 101 Å². The maximum absolute atomic E-state index is 2.52. The average molecular weight is 361 g/mol. The summed E-state index contributed by atoms with van der Waals surface area (Å²) in [5, 5.41) is 3.39. The molecule has 1 heteroatoms. The van der Waals surface area contributed by atoms with Crippen molar-refractivity contribution >= 4 is 20.3 Å². The number of unbranched alkanes of at least 4 members (excludes halogenated alkanes) is 2. The molecule has 136 valence electrons. The minimum absolute atomic E-state index is 0.433. The molecule has 0 saturated heterocycles. The average Bonchev–Trinajstić information content (AvgIpc) is 3.02. The van der Waals surface area contributed by atoms with Gasteiger partial charge in [0.05, 0.1) is 9.52 Å². The van der Waals surface area contributed by atoms with E-state index in [9.17, 15) is 0 Å². The van der Waals surface area contributed by atoms with Gasteiger partial charge in [0.25, 0.3) is 0 Å². The van der Waals surface area contributed by atoms with Crippen LogP contribution in [0.4, 0.5) is 0 Å². The van der Waals surface area contributed by atoms with Crippen molar-refractivity contribution in [2.45, 2.75) is 59.8 Å². The molecular formula is C25H32Si. The predicted molar refractivity (Wildman–Crippen MR) is 119 cm³/mol. The number of allylic oxidation sites excluding steroid dienone is 4. The molecule has 3 rings (SSSR count). The van der Waals surface area contributed by atoms with Crippen LogP contribution in [-0.4, -0.2) is 9.52 Å². The standard InChI is InChI=1S/C25H32Si/c1-5-6-8-11-21-16-23(22-12-9-7-10-13-22)24(17-21)26-25-19(3)14-18(2)15-20(25)4/h7,9-10,12-16H,5-6,8,11,17,26H2,1-4H3. The van der Waals surface area contributed by atoms with Crippen LogP contribution in [0.5, 0.6) is 0 Å². The van der Waals surface area contributed by atoms with Crippen LogP contribution in [0.1, 0.15) is 61.3 Å². The van der Waals surface area contributed by atoms with Crippen LogP contribution in [0, 0.1) is 20.8 Å². The Balaban J connectivity index is 1.90. The summed E-state index contributed by atoms with van der Waals surface area (Å²) in [6.07, 6.45) is 8.99. The second-order valence-corrected chi connectivity index (χ2v) is 9.79. The van der Waals surface area contributed by atoms with Gasteiger partial charge in [-0.05, 0) is 51.2 Å². The van der Waals surface area contributed by atoms with E-state index in [1.165, 1.54) is 59.9 Å². The summed E-state index contributed by atoms with van der Waals surface area (Å²) in [7, 11) is -0.433. The van der Waals surface area contributed by atoms with Crippen LogP contribution in [0.3, 0.4) is 0 Å². The van der Waals surface area contributed by atoms with Gasteiger partial charge in [-0.25, -0.2) is 0 Å². The molecule has 0 fully saturated rings. The van der Waals surface area contributed by atoms with Crippen LogP contribution in [0.2, 0.25) is 0 Å². The monoisotopic (exact) mass is 360 g/mol. The molecule has 0 amide bonds. The van der Waals surface area contributed by atoms with Crippen LogP contribution >= 0.6 is 0 Å². The minimum atomic E-state index is -0.433. The zero-order valence-corrected chi connectivity index (χ0v) is 18.3.